The molecule has 2 aromatic rings. The van der Waals surface area contributed by atoms with E-state index in [9.17, 15) is 9.18 Å². The summed E-state index contributed by atoms with van der Waals surface area (Å²) >= 11 is 1.29. The van der Waals surface area contributed by atoms with E-state index in [-0.39, 0.29) is 17.5 Å². The Morgan fingerprint density at radius 2 is 2.09 bits per heavy atom. The molecule has 1 N–H and O–H groups in total. The number of hydrogen-bond donors (Lipinski definition) is 1. The molecule has 0 spiro atoms. The zero-order valence-electron chi connectivity index (χ0n) is 13.5. The van der Waals surface area contributed by atoms with E-state index in [4.69, 9.17) is 0 Å². The highest BCUT2D eigenvalue weighted by Crippen LogP contribution is 2.24. The molecule has 0 saturated heterocycles. The minimum absolute atomic E-state index is 0.0360. The predicted octanol–water partition coefficient (Wildman–Crippen LogP) is 2.88. The summed E-state index contributed by atoms with van der Waals surface area (Å²) in [5.41, 5.74) is 0.399. The fourth-order valence-corrected chi connectivity index (χ4v) is 2.74. The van der Waals surface area contributed by atoms with E-state index in [1.807, 2.05) is 0 Å². The maximum Gasteiger partial charge on any atom is 0.230 e. The van der Waals surface area contributed by atoms with Gasteiger partial charge in [0, 0.05) is 13.6 Å². The first-order chi connectivity index (χ1) is 11.0. The monoisotopic (exact) mass is 336 g/mol. The van der Waals surface area contributed by atoms with Gasteiger partial charge < -0.3 is 9.88 Å². The second kappa shape index (κ2) is 8.10. The summed E-state index contributed by atoms with van der Waals surface area (Å²) in [5, 5.41) is 11.5. The molecule has 5 nitrogen and oxygen atoms in total. The lowest BCUT2D eigenvalue weighted by Gasteiger charge is -2.07. The third kappa shape index (κ3) is 4.79. The molecule has 0 unspecified atom stereocenters. The highest BCUT2D eigenvalue weighted by atomic mass is 32.2. The molecule has 0 atom stereocenters. The maximum absolute atomic E-state index is 13.8. The van der Waals surface area contributed by atoms with Crippen molar-refractivity contribution in [3.8, 4) is 11.4 Å². The Hall–Kier alpha value is -1.89. The van der Waals surface area contributed by atoms with Gasteiger partial charge in [-0.1, -0.05) is 37.7 Å². The van der Waals surface area contributed by atoms with Crippen LogP contribution in [0, 0.1) is 11.7 Å². The van der Waals surface area contributed by atoms with Gasteiger partial charge in [-0.2, -0.15) is 0 Å². The van der Waals surface area contributed by atoms with Gasteiger partial charge in [0.15, 0.2) is 11.0 Å². The Bertz CT molecular complexity index is 672. The Labute approximate surface area is 139 Å². The Morgan fingerprint density at radius 3 is 2.78 bits per heavy atom. The smallest absolute Gasteiger partial charge is 0.230 e. The number of nitrogens with one attached hydrogen (secondary N) is 1. The third-order valence-electron chi connectivity index (χ3n) is 3.33. The lowest BCUT2D eigenvalue weighted by molar-refractivity contribution is -0.118. The Balaban J connectivity index is 1.95. The molecule has 1 aromatic heterocycles. The summed E-state index contributed by atoms with van der Waals surface area (Å²) in [6.07, 6.45) is 0.956. The van der Waals surface area contributed by atoms with Crippen LogP contribution in [0.3, 0.4) is 0 Å². The molecular weight excluding hydrogens is 315 g/mol. The largest absolute Gasteiger partial charge is 0.355 e. The van der Waals surface area contributed by atoms with Crippen molar-refractivity contribution in [3.63, 3.8) is 0 Å². The molecule has 1 aromatic carbocycles. The molecule has 0 fully saturated rings. The van der Waals surface area contributed by atoms with E-state index >= 15 is 0 Å². The second-order valence-electron chi connectivity index (χ2n) is 5.67. The van der Waals surface area contributed by atoms with Gasteiger partial charge in [0.05, 0.1) is 11.3 Å². The summed E-state index contributed by atoms with van der Waals surface area (Å²) in [6, 6.07) is 6.43. The average Bonchev–Trinajstić information content (AvgIpc) is 2.86. The van der Waals surface area contributed by atoms with E-state index < -0.39 is 0 Å². The molecule has 1 heterocycles. The van der Waals surface area contributed by atoms with Crippen molar-refractivity contribution in [1.29, 1.82) is 0 Å². The molecule has 0 aliphatic heterocycles. The summed E-state index contributed by atoms with van der Waals surface area (Å²) in [7, 11) is 1.76. The quantitative estimate of drug-likeness (QED) is 0.790. The van der Waals surface area contributed by atoms with Gasteiger partial charge in [0.2, 0.25) is 5.91 Å². The molecular formula is C16H21FN4OS. The lowest BCUT2D eigenvalue weighted by atomic mass is 10.1. The van der Waals surface area contributed by atoms with Crippen molar-refractivity contribution in [1.82, 2.24) is 20.1 Å². The van der Waals surface area contributed by atoms with Crippen molar-refractivity contribution in [2.24, 2.45) is 13.0 Å². The molecule has 2 rings (SSSR count). The van der Waals surface area contributed by atoms with Gasteiger partial charge in [-0.05, 0) is 24.5 Å². The molecule has 0 saturated carbocycles. The van der Waals surface area contributed by atoms with Crippen LogP contribution in [-0.2, 0) is 11.8 Å². The normalized spacial score (nSPS) is 11.0. The molecule has 0 radical (unpaired) electrons. The molecule has 0 aliphatic carbocycles. The van der Waals surface area contributed by atoms with Gasteiger partial charge in [-0.3, -0.25) is 4.79 Å². The number of nitrogens with zero attached hydrogens (tertiary/aromatic N) is 3. The van der Waals surface area contributed by atoms with E-state index in [1.165, 1.54) is 17.8 Å². The average molecular weight is 336 g/mol. The number of carbonyl (C=O) groups excluding carboxylic acids is 1. The molecule has 124 valence electrons. The SMILES string of the molecule is CC(C)CCNC(=O)CSc1nnc(-c2ccccc2F)n1C. The number of hydrogen-bond acceptors (Lipinski definition) is 4. The predicted molar refractivity (Wildman–Crippen MR) is 89.6 cm³/mol. The number of carbonyl (C=O) groups is 1. The highest BCUT2D eigenvalue weighted by molar-refractivity contribution is 7.99. The maximum atomic E-state index is 13.8. The van der Waals surface area contributed by atoms with Gasteiger partial charge in [-0.15, -0.1) is 10.2 Å². The molecule has 0 aliphatic rings. The van der Waals surface area contributed by atoms with Crippen LogP contribution in [0.15, 0.2) is 29.4 Å². The first-order valence-corrected chi connectivity index (χ1v) is 8.51. The van der Waals surface area contributed by atoms with Crippen molar-refractivity contribution >= 4 is 17.7 Å². The topological polar surface area (TPSA) is 59.8 Å². The lowest BCUT2D eigenvalue weighted by Crippen LogP contribution is -2.27. The van der Waals surface area contributed by atoms with E-state index in [1.54, 1.807) is 29.8 Å². The zero-order chi connectivity index (χ0) is 16.8. The van der Waals surface area contributed by atoms with Crippen LogP contribution < -0.4 is 5.32 Å². The minimum Gasteiger partial charge on any atom is -0.355 e. The summed E-state index contributed by atoms with van der Waals surface area (Å²) in [5.74, 6) is 0.898. The summed E-state index contributed by atoms with van der Waals surface area (Å²) in [4.78, 5) is 11.8. The van der Waals surface area contributed by atoms with Gasteiger partial charge in [-0.25, -0.2) is 4.39 Å². The van der Waals surface area contributed by atoms with Crippen LogP contribution in [0.2, 0.25) is 0 Å². The molecule has 0 bridgehead atoms. The van der Waals surface area contributed by atoms with Crippen molar-refractivity contribution in [2.45, 2.75) is 25.4 Å². The van der Waals surface area contributed by atoms with E-state index in [0.29, 0.717) is 29.0 Å². The minimum atomic E-state index is -0.342. The van der Waals surface area contributed by atoms with Gasteiger partial charge in [0.25, 0.3) is 0 Å². The van der Waals surface area contributed by atoms with Gasteiger partial charge >= 0.3 is 0 Å². The first-order valence-electron chi connectivity index (χ1n) is 7.52. The highest BCUT2D eigenvalue weighted by Gasteiger charge is 2.15. The fourth-order valence-electron chi connectivity index (χ4n) is 2.00. The standard InChI is InChI=1S/C16H21FN4OS/c1-11(2)8-9-18-14(22)10-23-16-20-19-15(21(16)3)12-6-4-5-7-13(12)17/h4-7,11H,8-10H2,1-3H3,(H,18,22). The Kier molecular flexibility index (Phi) is 6.15. The van der Waals surface area contributed by atoms with Crippen molar-refractivity contribution in [3.05, 3.63) is 30.1 Å². The number of amides is 1. The molecule has 1 amide bonds. The van der Waals surface area contributed by atoms with E-state index in [0.717, 1.165) is 6.42 Å². The van der Waals surface area contributed by atoms with Crippen molar-refractivity contribution in [2.75, 3.05) is 12.3 Å². The van der Waals surface area contributed by atoms with Crippen LogP contribution >= 0.6 is 11.8 Å². The zero-order valence-corrected chi connectivity index (χ0v) is 14.4. The summed E-state index contributed by atoms with van der Waals surface area (Å²) in [6.45, 7) is 4.91. The Morgan fingerprint density at radius 1 is 1.35 bits per heavy atom. The van der Waals surface area contributed by atoms with Gasteiger partial charge in [0.1, 0.15) is 5.82 Å². The van der Waals surface area contributed by atoms with Crippen LogP contribution in [0.1, 0.15) is 20.3 Å². The number of rotatable bonds is 7. The number of thioether (sulfide) groups is 1. The van der Waals surface area contributed by atoms with Crippen LogP contribution in [0.4, 0.5) is 4.39 Å². The van der Waals surface area contributed by atoms with E-state index in [2.05, 4.69) is 29.4 Å². The van der Waals surface area contributed by atoms with Crippen LogP contribution in [0.5, 0.6) is 0 Å². The molecule has 23 heavy (non-hydrogen) atoms. The fraction of sp³-hybridized carbons (Fsp3) is 0.438. The van der Waals surface area contributed by atoms with Crippen LogP contribution in [-0.4, -0.2) is 33.0 Å². The number of benzene rings is 1. The second-order valence-corrected chi connectivity index (χ2v) is 6.61. The van der Waals surface area contributed by atoms with Crippen LogP contribution in [0.25, 0.3) is 11.4 Å². The summed E-state index contributed by atoms with van der Waals surface area (Å²) < 4.78 is 15.5. The third-order valence-corrected chi connectivity index (χ3v) is 4.35. The number of aromatic nitrogens is 3. The first kappa shape index (κ1) is 17.5. The molecule has 7 heteroatoms. The number of halogens is 1. The van der Waals surface area contributed by atoms with Crippen molar-refractivity contribution < 1.29 is 9.18 Å².